The Kier molecular flexibility index (Phi) is 6.43. The van der Waals surface area contributed by atoms with E-state index in [1.165, 1.54) is 7.11 Å². The van der Waals surface area contributed by atoms with Gasteiger partial charge in [0.15, 0.2) is 17.1 Å². The summed E-state index contributed by atoms with van der Waals surface area (Å²) in [6.45, 7) is 7.68. The normalized spacial score (nSPS) is 34.3. The van der Waals surface area contributed by atoms with Crippen LogP contribution in [0.15, 0.2) is 30.3 Å². The molecule has 0 unspecified atom stereocenters. The molecule has 2 saturated heterocycles. The molecule has 1 aliphatic carbocycles. The minimum Gasteiger partial charge on any atom is -0.467 e. The lowest BCUT2D eigenvalue weighted by atomic mass is 9.74. The lowest BCUT2D eigenvalue weighted by Gasteiger charge is -2.49. The van der Waals surface area contributed by atoms with E-state index in [0.717, 1.165) is 5.56 Å². The Labute approximate surface area is 194 Å². The highest BCUT2D eigenvalue weighted by Crippen LogP contribution is 2.53. The highest BCUT2D eigenvalue weighted by atomic mass is 16.8. The lowest BCUT2D eigenvalue weighted by molar-refractivity contribution is -0.300. The van der Waals surface area contributed by atoms with Gasteiger partial charge in [0.05, 0.1) is 37.9 Å². The molecular formula is C24H33NO8. The molecule has 3 fully saturated rings. The van der Waals surface area contributed by atoms with Crippen LogP contribution in [-0.4, -0.2) is 60.7 Å². The number of methoxy groups -OCH3 is 1. The van der Waals surface area contributed by atoms with Crippen LogP contribution in [0, 0.1) is 0 Å². The van der Waals surface area contributed by atoms with Gasteiger partial charge in [0.1, 0.15) is 6.61 Å². The number of carbonyl (C=O) groups is 2. The smallest absolute Gasteiger partial charge is 0.408 e. The van der Waals surface area contributed by atoms with Crippen LogP contribution in [-0.2, 0) is 39.8 Å². The zero-order chi connectivity index (χ0) is 23.9. The molecule has 1 saturated carbocycles. The predicted molar refractivity (Wildman–Crippen MR) is 116 cm³/mol. The molecule has 2 aliphatic heterocycles. The maximum absolute atomic E-state index is 13.2. The van der Waals surface area contributed by atoms with E-state index >= 15 is 0 Å². The van der Waals surface area contributed by atoms with Crippen molar-refractivity contribution in [3.05, 3.63) is 35.9 Å². The van der Waals surface area contributed by atoms with Gasteiger partial charge >= 0.3 is 12.1 Å². The standard InChI is InChI=1S/C24H33NO8/c1-15-16(2)31-23(30-15)12-22(20(26)28-5,13-24(14-23)32-17(3)18(4)33-24)25-21(27)29-11-19-9-7-6-8-10-19/h6-10,15-18H,11-14H2,1-5H3,(H,25,27)/t15-,16-,17-,18-/m1/s1. The van der Waals surface area contributed by atoms with E-state index < -0.39 is 29.2 Å². The summed E-state index contributed by atoms with van der Waals surface area (Å²) in [5, 5.41) is 2.76. The Morgan fingerprint density at radius 3 is 1.82 bits per heavy atom. The number of esters is 1. The fraction of sp³-hybridized carbons (Fsp3) is 0.667. The van der Waals surface area contributed by atoms with Crippen LogP contribution in [0.4, 0.5) is 4.79 Å². The van der Waals surface area contributed by atoms with Crippen LogP contribution in [0.5, 0.6) is 0 Å². The second-order valence-electron chi connectivity index (χ2n) is 9.40. The highest BCUT2D eigenvalue weighted by molar-refractivity contribution is 5.86. The highest BCUT2D eigenvalue weighted by Gasteiger charge is 2.66. The first-order valence-corrected chi connectivity index (χ1v) is 11.4. The van der Waals surface area contributed by atoms with Gasteiger partial charge in [-0.05, 0) is 33.3 Å². The molecule has 1 amide bonds. The molecule has 4 atom stereocenters. The fourth-order valence-electron chi connectivity index (χ4n) is 5.08. The maximum Gasteiger partial charge on any atom is 0.408 e. The van der Waals surface area contributed by atoms with Crippen molar-refractivity contribution in [2.24, 2.45) is 0 Å². The molecular weight excluding hydrogens is 430 g/mol. The molecule has 9 nitrogen and oxygen atoms in total. The van der Waals surface area contributed by atoms with Crippen LogP contribution in [0.3, 0.4) is 0 Å². The number of carbonyl (C=O) groups excluding carboxylic acids is 2. The minimum atomic E-state index is -1.53. The van der Waals surface area contributed by atoms with Crippen LogP contribution < -0.4 is 5.32 Å². The molecule has 0 bridgehead atoms. The van der Waals surface area contributed by atoms with Crippen LogP contribution in [0.25, 0.3) is 0 Å². The molecule has 9 heteroatoms. The van der Waals surface area contributed by atoms with Crippen molar-refractivity contribution in [3.63, 3.8) is 0 Å². The molecule has 1 aromatic carbocycles. The Morgan fingerprint density at radius 2 is 1.36 bits per heavy atom. The third-order valence-corrected chi connectivity index (χ3v) is 6.74. The quantitative estimate of drug-likeness (QED) is 0.680. The van der Waals surface area contributed by atoms with E-state index in [2.05, 4.69) is 5.32 Å². The summed E-state index contributed by atoms with van der Waals surface area (Å²) in [4.78, 5) is 26.1. The topological polar surface area (TPSA) is 102 Å². The van der Waals surface area contributed by atoms with Crippen molar-refractivity contribution in [3.8, 4) is 0 Å². The van der Waals surface area contributed by atoms with Crippen LogP contribution in [0.2, 0.25) is 0 Å². The summed E-state index contributed by atoms with van der Waals surface area (Å²) in [6, 6.07) is 9.29. The third kappa shape index (κ3) is 4.73. The number of amides is 1. The Hall–Kier alpha value is -2.20. The number of hydrogen-bond acceptors (Lipinski definition) is 8. The Balaban J connectivity index is 1.63. The van der Waals surface area contributed by atoms with Gasteiger partial charge in [0, 0.05) is 12.8 Å². The summed E-state index contributed by atoms with van der Waals surface area (Å²) in [5.74, 6) is -3.03. The van der Waals surface area contributed by atoms with Crippen LogP contribution >= 0.6 is 0 Å². The monoisotopic (exact) mass is 463 g/mol. The first kappa shape index (κ1) is 23.9. The predicted octanol–water partition coefficient (Wildman–Crippen LogP) is 3.05. The van der Waals surface area contributed by atoms with Gasteiger partial charge in [-0.25, -0.2) is 9.59 Å². The lowest BCUT2D eigenvalue weighted by Crippen LogP contribution is -2.67. The van der Waals surface area contributed by atoms with E-state index in [-0.39, 0.29) is 50.3 Å². The van der Waals surface area contributed by atoms with Gasteiger partial charge in [-0.2, -0.15) is 0 Å². The van der Waals surface area contributed by atoms with E-state index in [9.17, 15) is 9.59 Å². The van der Waals surface area contributed by atoms with Crippen molar-refractivity contribution >= 4 is 12.1 Å². The summed E-state index contributed by atoms with van der Waals surface area (Å²) in [7, 11) is 1.28. The molecule has 182 valence electrons. The molecule has 33 heavy (non-hydrogen) atoms. The van der Waals surface area contributed by atoms with E-state index in [1.807, 2.05) is 58.0 Å². The van der Waals surface area contributed by atoms with Crippen molar-refractivity contribution in [1.82, 2.24) is 5.32 Å². The summed E-state index contributed by atoms with van der Waals surface area (Å²) < 4.78 is 35.5. The first-order valence-electron chi connectivity index (χ1n) is 11.4. The Bertz CT molecular complexity index is 822. The summed E-state index contributed by atoms with van der Waals surface area (Å²) in [6.07, 6.45) is -1.25. The zero-order valence-corrected chi connectivity index (χ0v) is 19.8. The maximum atomic E-state index is 13.2. The van der Waals surface area contributed by atoms with Crippen molar-refractivity contribution in [1.29, 1.82) is 0 Å². The van der Waals surface area contributed by atoms with Crippen LogP contribution in [0.1, 0.15) is 52.5 Å². The van der Waals surface area contributed by atoms with Gasteiger partial charge in [-0.3, -0.25) is 0 Å². The molecule has 1 aromatic rings. The second-order valence-corrected chi connectivity index (χ2v) is 9.40. The minimum absolute atomic E-state index is 0.0407. The molecule has 0 radical (unpaired) electrons. The number of hydrogen-bond donors (Lipinski definition) is 1. The van der Waals surface area contributed by atoms with E-state index in [1.54, 1.807) is 0 Å². The second kappa shape index (κ2) is 8.87. The molecule has 1 N–H and O–H groups in total. The number of ether oxygens (including phenoxy) is 6. The van der Waals surface area contributed by atoms with Gasteiger partial charge in [-0.15, -0.1) is 0 Å². The molecule has 0 aromatic heterocycles. The summed E-state index contributed by atoms with van der Waals surface area (Å²) >= 11 is 0. The van der Waals surface area contributed by atoms with Crippen molar-refractivity contribution in [2.45, 2.75) is 95.1 Å². The number of alkyl carbamates (subject to hydrolysis) is 1. The van der Waals surface area contributed by atoms with Gasteiger partial charge in [-0.1, -0.05) is 30.3 Å². The van der Waals surface area contributed by atoms with Gasteiger partial charge < -0.3 is 33.7 Å². The third-order valence-electron chi connectivity index (χ3n) is 6.74. The van der Waals surface area contributed by atoms with E-state index in [0.29, 0.717) is 0 Å². The Morgan fingerprint density at radius 1 is 0.879 bits per heavy atom. The largest absolute Gasteiger partial charge is 0.467 e. The molecule has 3 aliphatic rings. The average Bonchev–Trinajstić information content (AvgIpc) is 3.18. The van der Waals surface area contributed by atoms with E-state index in [4.69, 9.17) is 28.4 Å². The van der Waals surface area contributed by atoms with Crippen molar-refractivity contribution in [2.75, 3.05) is 7.11 Å². The fourth-order valence-corrected chi connectivity index (χ4v) is 5.08. The summed E-state index contributed by atoms with van der Waals surface area (Å²) in [5.41, 5.74) is -0.708. The first-order chi connectivity index (χ1) is 15.6. The number of nitrogens with one attached hydrogen (secondary N) is 1. The average molecular weight is 464 g/mol. The van der Waals surface area contributed by atoms with Gasteiger partial charge in [0.25, 0.3) is 0 Å². The molecule has 2 spiro atoms. The van der Waals surface area contributed by atoms with Crippen molar-refractivity contribution < 1.29 is 38.0 Å². The molecule has 2 heterocycles. The SMILES string of the molecule is COC(=O)C1(NC(=O)OCc2ccccc2)CC2(CC3(C1)O[C@H](C)[C@@H](C)O3)O[C@H](C)[C@@H](C)O2. The van der Waals surface area contributed by atoms with Gasteiger partial charge in [0.2, 0.25) is 0 Å². The number of benzene rings is 1. The zero-order valence-electron chi connectivity index (χ0n) is 19.8. The number of rotatable bonds is 4. The molecule has 4 rings (SSSR count).